The minimum atomic E-state index is -0.657. The minimum absolute atomic E-state index is 0.197. The molecule has 1 heterocycles. The topological polar surface area (TPSA) is 29.9 Å². The molecule has 0 unspecified atom stereocenters. The molecular formula is C12H10BrF2N3. The van der Waals surface area contributed by atoms with E-state index in [9.17, 15) is 8.78 Å². The number of rotatable bonds is 4. The van der Waals surface area contributed by atoms with Crippen molar-refractivity contribution in [2.75, 3.05) is 11.9 Å². The molecule has 0 fully saturated rings. The number of aromatic nitrogens is 2. The Hall–Kier alpha value is -1.69. The van der Waals surface area contributed by atoms with Crippen molar-refractivity contribution < 1.29 is 8.78 Å². The number of nitrogens with zero attached hydrogens (tertiary/aromatic N) is 2. The van der Waals surface area contributed by atoms with Gasteiger partial charge in [0.05, 0.1) is 10.2 Å². The highest BCUT2D eigenvalue weighted by atomic mass is 79.9. The molecule has 2 rings (SSSR count). The molecular weight excluding hydrogens is 304 g/mol. The highest BCUT2D eigenvalue weighted by molar-refractivity contribution is 9.10. The van der Waals surface area contributed by atoms with E-state index >= 15 is 0 Å². The van der Waals surface area contributed by atoms with Gasteiger partial charge in [-0.1, -0.05) is 6.08 Å². The van der Waals surface area contributed by atoms with E-state index in [2.05, 4.69) is 32.8 Å². The van der Waals surface area contributed by atoms with Crippen molar-refractivity contribution in [2.24, 2.45) is 0 Å². The maximum Gasteiger partial charge on any atom is 0.207 e. The Morgan fingerprint density at radius 2 is 2.17 bits per heavy atom. The first kappa shape index (κ1) is 12.8. The average Bonchev–Trinajstić information content (AvgIpc) is 2.79. The van der Waals surface area contributed by atoms with Gasteiger partial charge in [0.2, 0.25) is 5.95 Å². The maximum atomic E-state index is 13.7. The van der Waals surface area contributed by atoms with Crippen LogP contribution in [0.1, 0.15) is 0 Å². The predicted molar refractivity (Wildman–Crippen MR) is 69.9 cm³/mol. The molecule has 0 aliphatic carbocycles. The van der Waals surface area contributed by atoms with Gasteiger partial charge < -0.3 is 5.32 Å². The van der Waals surface area contributed by atoms with Crippen LogP contribution < -0.4 is 5.32 Å². The van der Waals surface area contributed by atoms with E-state index in [1.165, 1.54) is 16.8 Å². The Bertz CT molecular complexity index is 581. The van der Waals surface area contributed by atoms with Gasteiger partial charge in [-0.05, 0) is 22.0 Å². The second-order valence-electron chi connectivity index (χ2n) is 3.51. The smallest absolute Gasteiger partial charge is 0.207 e. The van der Waals surface area contributed by atoms with Crippen LogP contribution in [0, 0.1) is 11.6 Å². The van der Waals surface area contributed by atoms with Crippen LogP contribution in [0.5, 0.6) is 0 Å². The number of halogens is 3. The Morgan fingerprint density at radius 1 is 1.39 bits per heavy atom. The molecule has 0 amide bonds. The van der Waals surface area contributed by atoms with Crippen molar-refractivity contribution in [2.45, 2.75) is 0 Å². The standard InChI is InChI=1S/C12H10BrF2N3/c1-2-3-16-12-17-4-5-18(12)11-6-8(13)9(14)7-10(11)15/h2,4-7H,1,3H2,(H,16,17). The van der Waals surface area contributed by atoms with E-state index in [0.717, 1.165) is 6.07 Å². The first-order valence-corrected chi connectivity index (χ1v) is 5.96. The summed E-state index contributed by atoms with van der Waals surface area (Å²) < 4.78 is 28.6. The quantitative estimate of drug-likeness (QED) is 0.691. The fourth-order valence-electron chi connectivity index (χ4n) is 1.49. The second-order valence-corrected chi connectivity index (χ2v) is 4.36. The monoisotopic (exact) mass is 313 g/mol. The first-order valence-electron chi connectivity index (χ1n) is 5.16. The fourth-order valence-corrected chi connectivity index (χ4v) is 1.82. The zero-order valence-corrected chi connectivity index (χ0v) is 10.9. The first-order chi connectivity index (χ1) is 8.63. The molecule has 0 spiro atoms. The van der Waals surface area contributed by atoms with Crippen molar-refractivity contribution in [3.63, 3.8) is 0 Å². The lowest BCUT2D eigenvalue weighted by Gasteiger charge is -2.10. The zero-order chi connectivity index (χ0) is 13.1. The number of anilines is 1. The van der Waals surface area contributed by atoms with Gasteiger partial charge in [-0.3, -0.25) is 4.57 Å². The molecule has 0 bridgehead atoms. The van der Waals surface area contributed by atoms with Gasteiger partial charge in [0.1, 0.15) is 11.6 Å². The molecule has 1 N–H and O–H groups in total. The maximum absolute atomic E-state index is 13.7. The molecule has 0 saturated heterocycles. The molecule has 0 saturated carbocycles. The SMILES string of the molecule is C=CCNc1nccn1-c1cc(Br)c(F)cc1F. The van der Waals surface area contributed by atoms with Crippen molar-refractivity contribution >= 4 is 21.9 Å². The van der Waals surface area contributed by atoms with Crippen LogP contribution in [0.25, 0.3) is 5.69 Å². The Morgan fingerprint density at radius 3 is 2.89 bits per heavy atom. The highest BCUT2D eigenvalue weighted by Gasteiger charge is 2.12. The molecule has 18 heavy (non-hydrogen) atoms. The Labute approximate surface area is 111 Å². The van der Waals surface area contributed by atoms with Gasteiger partial charge in [-0.25, -0.2) is 13.8 Å². The summed E-state index contributed by atoms with van der Waals surface area (Å²) in [4.78, 5) is 4.05. The fraction of sp³-hybridized carbons (Fsp3) is 0.0833. The normalized spacial score (nSPS) is 10.4. The van der Waals surface area contributed by atoms with Crippen LogP contribution in [0.15, 0.2) is 41.7 Å². The lowest BCUT2D eigenvalue weighted by atomic mass is 10.3. The molecule has 6 heteroatoms. The predicted octanol–water partition coefficient (Wildman–Crippen LogP) is 3.51. The Kier molecular flexibility index (Phi) is 3.76. The van der Waals surface area contributed by atoms with Crippen molar-refractivity contribution in [3.8, 4) is 5.69 Å². The van der Waals surface area contributed by atoms with Gasteiger partial charge >= 0.3 is 0 Å². The number of nitrogens with one attached hydrogen (secondary N) is 1. The molecule has 0 aliphatic rings. The van der Waals surface area contributed by atoms with Crippen LogP contribution in [0.4, 0.5) is 14.7 Å². The summed E-state index contributed by atoms with van der Waals surface area (Å²) in [6.07, 6.45) is 4.78. The molecule has 1 aromatic heterocycles. The van der Waals surface area contributed by atoms with Crippen molar-refractivity contribution in [1.29, 1.82) is 0 Å². The molecule has 3 nitrogen and oxygen atoms in total. The molecule has 0 atom stereocenters. The number of hydrogen-bond acceptors (Lipinski definition) is 2. The third kappa shape index (κ3) is 2.43. The van der Waals surface area contributed by atoms with E-state index in [0.29, 0.717) is 12.5 Å². The number of imidazole rings is 1. The average molecular weight is 314 g/mol. The second kappa shape index (κ2) is 5.30. The van der Waals surface area contributed by atoms with E-state index < -0.39 is 11.6 Å². The molecule has 1 aromatic carbocycles. The molecule has 2 aromatic rings. The van der Waals surface area contributed by atoms with Crippen LogP contribution in [0.3, 0.4) is 0 Å². The van der Waals surface area contributed by atoms with E-state index in [-0.39, 0.29) is 10.2 Å². The third-order valence-electron chi connectivity index (χ3n) is 2.29. The van der Waals surface area contributed by atoms with Gasteiger partial charge in [0, 0.05) is 25.0 Å². The van der Waals surface area contributed by atoms with E-state index in [4.69, 9.17) is 0 Å². The molecule has 94 valence electrons. The summed E-state index contributed by atoms with van der Waals surface area (Å²) in [5.41, 5.74) is 0.215. The highest BCUT2D eigenvalue weighted by Crippen LogP contribution is 2.24. The summed E-state index contributed by atoms with van der Waals surface area (Å²) in [5.74, 6) is -0.834. The van der Waals surface area contributed by atoms with Crippen LogP contribution in [-0.4, -0.2) is 16.1 Å². The summed E-state index contributed by atoms with van der Waals surface area (Å²) in [5, 5.41) is 2.96. The van der Waals surface area contributed by atoms with Crippen molar-refractivity contribution in [3.05, 3.63) is 53.3 Å². The van der Waals surface area contributed by atoms with Crippen molar-refractivity contribution in [1.82, 2.24) is 9.55 Å². The lowest BCUT2D eigenvalue weighted by molar-refractivity contribution is 0.574. The van der Waals surface area contributed by atoms with Crippen LogP contribution in [-0.2, 0) is 0 Å². The summed E-state index contributed by atoms with van der Waals surface area (Å²) >= 11 is 3.03. The largest absolute Gasteiger partial charge is 0.352 e. The summed E-state index contributed by atoms with van der Waals surface area (Å²) in [7, 11) is 0. The van der Waals surface area contributed by atoms with E-state index in [1.807, 2.05) is 0 Å². The zero-order valence-electron chi connectivity index (χ0n) is 9.33. The summed E-state index contributed by atoms with van der Waals surface area (Å²) in [6.45, 7) is 4.08. The third-order valence-corrected chi connectivity index (χ3v) is 2.90. The van der Waals surface area contributed by atoms with Gasteiger partial charge in [0.15, 0.2) is 0 Å². The number of hydrogen-bond donors (Lipinski definition) is 1. The van der Waals surface area contributed by atoms with Crippen LogP contribution >= 0.6 is 15.9 Å². The minimum Gasteiger partial charge on any atom is -0.352 e. The summed E-state index contributed by atoms with van der Waals surface area (Å²) in [6, 6.07) is 2.20. The van der Waals surface area contributed by atoms with Gasteiger partial charge in [0.25, 0.3) is 0 Å². The molecule has 0 radical (unpaired) electrons. The Balaban J connectivity index is 2.45. The van der Waals surface area contributed by atoms with Crippen LogP contribution in [0.2, 0.25) is 0 Å². The molecule has 0 aliphatic heterocycles. The van der Waals surface area contributed by atoms with Gasteiger partial charge in [-0.2, -0.15) is 0 Å². The van der Waals surface area contributed by atoms with E-state index in [1.54, 1.807) is 12.3 Å². The lowest BCUT2D eigenvalue weighted by Crippen LogP contribution is -2.07. The number of benzene rings is 1. The van der Waals surface area contributed by atoms with Gasteiger partial charge in [-0.15, -0.1) is 6.58 Å².